The quantitative estimate of drug-likeness (QED) is 0.163. The molecule has 4 aliphatic heterocycles. The van der Waals surface area contributed by atoms with Gasteiger partial charge in [-0.1, -0.05) is 135 Å². The SMILES string of the molecule is CC(C)(C)CC(=O)N1CCC(CN2CCN(c3ccc(Cl)cc3Cl)[C@H](c3ccc(Cl)cc3)C2)CC1.CC(C)(C)CC(=O)O.Clc1ccc([C@@H]2CN(CC3CCNCC3)CCN2c2ccc(Cl)cc2Cl)cc1. The Hall–Kier alpha value is -2.96. The Morgan fingerprint density at radius 3 is 1.30 bits per heavy atom. The molecule has 71 heavy (non-hydrogen) atoms. The predicted octanol–water partition coefficient (Wildman–Crippen LogP) is 14.2. The summed E-state index contributed by atoms with van der Waals surface area (Å²) in [7, 11) is 0. The second-order valence-electron chi connectivity index (χ2n) is 22.1. The monoisotopic (exact) mass is 1090 g/mol. The summed E-state index contributed by atoms with van der Waals surface area (Å²) in [5.74, 6) is 0.979. The minimum Gasteiger partial charge on any atom is -0.481 e. The highest BCUT2D eigenvalue weighted by Crippen LogP contribution is 2.39. The van der Waals surface area contributed by atoms with Crippen molar-refractivity contribution >= 4 is 92.9 Å². The van der Waals surface area contributed by atoms with E-state index in [1.165, 1.54) is 30.5 Å². The maximum absolute atomic E-state index is 12.6. The number of likely N-dealkylation sites (tertiary alicyclic amines) is 1. The lowest BCUT2D eigenvalue weighted by molar-refractivity contribution is -0.139. The number of hydrogen-bond donors (Lipinski definition) is 2. The molecule has 0 spiro atoms. The first-order chi connectivity index (χ1) is 33.6. The van der Waals surface area contributed by atoms with Crippen molar-refractivity contribution in [2.24, 2.45) is 22.7 Å². The molecular formula is C56H74Cl6N6O3. The van der Waals surface area contributed by atoms with Crippen LogP contribution in [-0.2, 0) is 9.59 Å². The smallest absolute Gasteiger partial charge is 0.303 e. The van der Waals surface area contributed by atoms with Gasteiger partial charge in [0.1, 0.15) is 0 Å². The Labute approximate surface area is 454 Å². The normalized spacial score (nSPS) is 19.9. The molecule has 8 rings (SSSR count). The third-order valence-electron chi connectivity index (χ3n) is 13.7. The van der Waals surface area contributed by atoms with Crippen molar-refractivity contribution < 1.29 is 14.7 Å². The number of piperazine rings is 2. The number of carbonyl (C=O) groups is 2. The third kappa shape index (κ3) is 18.1. The summed E-state index contributed by atoms with van der Waals surface area (Å²) in [4.78, 5) is 34.7. The average molecular weight is 1090 g/mol. The number of carboxylic acids is 1. The van der Waals surface area contributed by atoms with Gasteiger partial charge < -0.3 is 25.1 Å². The van der Waals surface area contributed by atoms with Crippen LogP contribution >= 0.6 is 69.6 Å². The molecule has 0 aromatic heterocycles. The summed E-state index contributed by atoms with van der Waals surface area (Å²) in [6.45, 7) is 24.1. The number of nitrogens with zero attached hydrogens (tertiary/aromatic N) is 5. The van der Waals surface area contributed by atoms with Gasteiger partial charge in [0, 0.05) is 92.0 Å². The Balaban J connectivity index is 0.000000205. The van der Waals surface area contributed by atoms with E-state index >= 15 is 0 Å². The first-order valence-corrected chi connectivity index (χ1v) is 27.5. The zero-order valence-corrected chi connectivity index (χ0v) is 46.9. The number of halogens is 6. The molecule has 9 nitrogen and oxygen atoms in total. The van der Waals surface area contributed by atoms with Crippen molar-refractivity contribution in [2.75, 3.05) is 88.3 Å². The average Bonchev–Trinajstić information content (AvgIpc) is 3.30. The molecule has 0 radical (unpaired) electrons. The molecule has 4 fully saturated rings. The summed E-state index contributed by atoms with van der Waals surface area (Å²) in [5, 5.41) is 15.9. The lowest BCUT2D eigenvalue weighted by Gasteiger charge is -2.45. The number of hydrogen-bond acceptors (Lipinski definition) is 7. The van der Waals surface area contributed by atoms with Crippen LogP contribution in [0, 0.1) is 22.7 Å². The Bertz CT molecular complexity index is 2330. The lowest BCUT2D eigenvalue weighted by Crippen LogP contribution is -2.51. The largest absolute Gasteiger partial charge is 0.481 e. The van der Waals surface area contributed by atoms with Gasteiger partial charge in [-0.2, -0.15) is 0 Å². The van der Waals surface area contributed by atoms with Crippen molar-refractivity contribution in [3.05, 3.63) is 126 Å². The van der Waals surface area contributed by atoms with Crippen molar-refractivity contribution in [1.29, 1.82) is 0 Å². The standard InChI is InChI=1S/C28H36Cl3N3O.C22H26Cl3N3.C6H12O2/c1-28(2,3)17-27(35)33-12-10-20(11-13-33)18-32-14-15-34(25-9-8-23(30)16-24(25)31)26(19-32)21-4-6-22(29)7-5-21;23-18-3-1-17(2-4-18)22-15-27(14-16-7-9-26-10-8-16)11-12-28(22)21-6-5-19(24)13-20(21)25;1-6(2,3)4-5(7)8/h4-9,16,20,26H,10-15,17-19H2,1-3H3;1-6,13,16,22,26H,7-12,14-15H2;4H2,1-3H3,(H,7,8)/t26-;22-;/m00./s1. The lowest BCUT2D eigenvalue weighted by atomic mass is 9.90. The van der Waals surface area contributed by atoms with Crippen molar-refractivity contribution in [2.45, 2.75) is 92.2 Å². The van der Waals surface area contributed by atoms with Crippen LogP contribution in [0.1, 0.15) is 103 Å². The molecule has 2 atom stereocenters. The van der Waals surface area contributed by atoms with Crippen LogP contribution in [-0.4, -0.2) is 110 Å². The Kier molecular flexibility index (Phi) is 21.4. The van der Waals surface area contributed by atoms with E-state index in [9.17, 15) is 9.59 Å². The molecule has 0 aliphatic carbocycles. The van der Waals surface area contributed by atoms with E-state index in [-0.39, 0.29) is 29.3 Å². The van der Waals surface area contributed by atoms with Crippen molar-refractivity contribution in [3.8, 4) is 0 Å². The Morgan fingerprint density at radius 1 is 0.535 bits per heavy atom. The van der Waals surface area contributed by atoms with E-state index in [4.69, 9.17) is 74.7 Å². The summed E-state index contributed by atoms with van der Waals surface area (Å²) >= 11 is 37.8. The zero-order chi connectivity index (χ0) is 51.5. The minimum absolute atomic E-state index is 0.0390. The van der Waals surface area contributed by atoms with Crippen LogP contribution in [0.2, 0.25) is 30.1 Å². The fourth-order valence-electron chi connectivity index (χ4n) is 10.1. The van der Waals surface area contributed by atoms with Gasteiger partial charge in [0.05, 0.1) is 39.9 Å². The number of carboxylic acid groups (broad SMARTS) is 1. The van der Waals surface area contributed by atoms with Gasteiger partial charge in [-0.25, -0.2) is 0 Å². The van der Waals surface area contributed by atoms with E-state index in [0.29, 0.717) is 38.3 Å². The number of benzene rings is 4. The van der Waals surface area contributed by atoms with Gasteiger partial charge in [0.25, 0.3) is 0 Å². The predicted molar refractivity (Wildman–Crippen MR) is 300 cm³/mol. The van der Waals surface area contributed by atoms with Crippen LogP contribution in [0.5, 0.6) is 0 Å². The summed E-state index contributed by atoms with van der Waals surface area (Å²) in [6.07, 6.45) is 5.56. The zero-order valence-electron chi connectivity index (χ0n) is 42.4. The molecule has 4 aromatic rings. The summed E-state index contributed by atoms with van der Waals surface area (Å²) < 4.78 is 0. The first kappa shape index (κ1) is 57.3. The molecule has 4 aromatic carbocycles. The fourth-order valence-corrected chi connectivity index (χ4v) is 11.4. The topological polar surface area (TPSA) is 82.6 Å². The van der Waals surface area contributed by atoms with E-state index < -0.39 is 5.97 Å². The van der Waals surface area contributed by atoms with Crippen LogP contribution in [0.3, 0.4) is 0 Å². The van der Waals surface area contributed by atoms with E-state index in [1.807, 2.05) is 81.4 Å². The fraction of sp³-hybridized carbons (Fsp3) is 0.536. The molecule has 4 aliphatic rings. The second kappa shape index (κ2) is 26.5. The van der Waals surface area contributed by atoms with Crippen LogP contribution < -0.4 is 15.1 Å². The minimum atomic E-state index is -0.725. The Morgan fingerprint density at radius 2 is 0.930 bits per heavy atom. The first-order valence-electron chi connectivity index (χ1n) is 25.2. The number of aliphatic carboxylic acids is 1. The number of anilines is 2. The third-order valence-corrected chi connectivity index (χ3v) is 15.3. The van der Waals surface area contributed by atoms with Gasteiger partial charge in [-0.3, -0.25) is 19.4 Å². The number of nitrogens with one attached hydrogen (secondary N) is 1. The molecule has 0 saturated carbocycles. The van der Waals surface area contributed by atoms with E-state index in [2.05, 4.69) is 74.9 Å². The van der Waals surface area contributed by atoms with Gasteiger partial charge >= 0.3 is 5.97 Å². The van der Waals surface area contributed by atoms with Crippen LogP contribution in [0.25, 0.3) is 0 Å². The molecule has 0 bridgehead atoms. The van der Waals surface area contributed by atoms with Gasteiger partial charge in [0.2, 0.25) is 5.91 Å². The van der Waals surface area contributed by atoms with Crippen LogP contribution in [0.15, 0.2) is 84.9 Å². The number of amides is 1. The highest BCUT2D eigenvalue weighted by molar-refractivity contribution is 6.37. The molecule has 0 unspecified atom stereocenters. The molecule has 4 saturated heterocycles. The van der Waals surface area contributed by atoms with Crippen molar-refractivity contribution in [1.82, 2.24) is 20.0 Å². The van der Waals surface area contributed by atoms with Gasteiger partial charge in [-0.15, -0.1) is 0 Å². The number of piperidine rings is 2. The van der Waals surface area contributed by atoms with E-state index in [0.717, 1.165) is 112 Å². The van der Waals surface area contributed by atoms with E-state index in [1.54, 1.807) is 0 Å². The summed E-state index contributed by atoms with van der Waals surface area (Å²) in [6, 6.07) is 28.3. The molecule has 15 heteroatoms. The highest BCUT2D eigenvalue weighted by Gasteiger charge is 2.34. The van der Waals surface area contributed by atoms with Gasteiger partial charge in [0.15, 0.2) is 0 Å². The van der Waals surface area contributed by atoms with Gasteiger partial charge in [-0.05, 0) is 133 Å². The second-order valence-corrected chi connectivity index (χ2v) is 24.7. The molecule has 388 valence electrons. The van der Waals surface area contributed by atoms with Crippen molar-refractivity contribution in [3.63, 3.8) is 0 Å². The maximum atomic E-state index is 12.6. The molecule has 4 heterocycles. The number of carbonyl (C=O) groups excluding carboxylic acids is 1. The maximum Gasteiger partial charge on any atom is 0.303 e. The number of rotatable bonds is 10. The molecule has 2 N–H and O–H groups in total. The molecule has 1 amide bonds. The summed E-state index contributed by atoms with van der Waals surface area (Å²) in [5.41, 5.74) is 4.52. The van der Waals surface area contributed by atoms with Crippen LogP contribution in [0.4, 0.5) is 11.4 Å². The molecular weight excluding hydrogens is 1020 g/mol. The highest BCUT2D eigenvalue weighted by atomic mass is 35.5.